The average Bonchev–Trinajstić information content (AvgIpc) is 2.24. The fourth-order valence-electron chi connectivity index (χ4n) is 1.12. The summed E-state index contributed by atoms with van der Waals surface area (Å²) in [4.78, 5) is 27.9. The van der Waals surface area contributed by atoms with Crippen molar-refractivity contribution < 1.29 is 9.59 Å². The van der Waals surface area contributed by atoms with Crippen molar-refractivity contribution in [2.24, 2.45) is 0 Å². The van der Waals surface area contributed by atoms with Gasteiger partial charge in [0.05, 0.1) is 11.1 Å². The lowest BCUT2D eigenvalue weighted by atomic mass is 10.1. The SMILES string of the molecule is CN(C)C=C([C]=O)C(=O)c1ccc(Cl)nc1Cl. The molecule has 17 heavy (non-hydrogen) atoms. The van der Waals surface area contributed by atoms with Crippen LogP contribution >= 0.6 is 23.2 Å². The first-order valence-electron chi connectivity index (χ1n) is 4.59. The van der Waals surface area contributed by atoms with E-state index in [2.05, 4.69) is 4.98 Å². The lowest BCUT2D eigenvalue weighted by molar-refractivity contribution is 0.103. The number of halogens is 2. The molecule has 6 heteroatoms. The van der Waals surface area contributed by atoms with Crippen LogP contribution in [0.2, 0.25) is 10.3 Å². The van der Waals surface area contributed by atoms with Crippen LogP contribution in [0.15, 0.2) is 23.9 Å². The Morgan fingerprint density at radius 3 is 2.53 bits per heavy atom. The molecule has 1 aromatic rings. The molecular formula is C11H9Cl2N2O2. The van der Waals surface area contributed by atoms with Crippen LogP contribution in [0.5, 0.6) is 0 Å². The highest BCUT2D eigenvalue weighted by atomic mass is 35.5. The highest BCUT2D eigenvalue weighted by Gasteiger charge is 2.17. The Hall–Kier alpha value is -1.39. The largest absolute Gasteiger partial charge is 0.383 e. The molecule has 0 spiro atoms. The van der Waals surface area contributed by atoms with Gasteiger partial charge in [-0.2, -0.15) is 0 Å². The number of rotatable bonds is 4. The van der Waals surface area contributed by atoms with E-state index in [1.54, 1.807) is 25.3 Å². The maximum atomic E-state index is 11.9. The molecule has 1 radical (unpaired) electrons. The minimum Gasteiger partial charge on any atom is -0.383 e. The number of Topliss-reactive ketones (excluding diaryl/α,β-unsaturated/α-hetero) is 1. The van der Waals surface area contributed by atoms with Gasteiger partial charge in [-0.25, -0.2) is 4.98 Å². The molecule has 0 bridgehead atoms. The maximum Gasteiger partial charge on any atom is 0.239 e. The van der Waals surface area contributed by atoms with Crippen molar-refractivity contribution in [3.05, 3.63) is 39.8 Å². The number of nitrogens with zero attached hydrogens (tertiary/aromatic N) is 2. The zero-order valence-corrected chi connectivity index (χ0v) is 10.7. The van der Waals surface area contributed by atoms with Crippen LogP contribution in [-0.4, -0.2) is 36.0 Å². The number of allylic oxidation sites excluding steroid dienone is 1. The van der Waals surface area contributed by atoms with E-state index in [0.717, 1.165) is 0 Å². The van der Waals surface area contributed by atoms with Crippen LogP contribution in [0, 0.1) is 0 Å². The first-order chi connectivity index (χ1) is 7.95. The fourth-order valence-corrected chi connectivity index (χ4v) is 1.55. The zero-order chi connectivity index (χ0) is 13.0. The van der Waals surface area contributed by atoms with E-state index in [1.165, 1.54) is 18.3 Å². The van der Waals surface area contributed by atoms with E-state index >= 15 is 0 Å². The molecule has 0 amide bonds. The van der Waals surface area contributed by atoms with Gasteiger partial charge < -0.3 is 4.90 Å². The van der Waals surface area contributed by atoms with Crippen molar-refractivity contribution in [3.8, 4) is 0 Å². The predicted octanol–water partition coefficient (Wildman–Crippen LogP) is 2.13. The second-order valence-electron chi connectivity index (χ2n) is 3.41. The Bertz CT molecular complexity index is 484. The van der Waals surface area contributed by atoms with E-state index in [4.69, 9.17) is 23.2 Å². The van der Waals surface area contributed by atoms with Gasteiger partial charge in [-0.15, -0.1) is 0 Å². The Kier molecular flexibility index (Phi) is 4.66. The molecule has 0 saturated carbocycles. The number of pyridine rings is 1. The number of hydrogen-bond acceptors (Lipinski definition) is 4. The highest BCUT2D eigenvalue weighted by molar-refractivity contribution is 6.36. The molecule has 1 heterocycles. The monoisotopic (exact) mass is 271 g/mol. The molecule has 1 rings (SSSR count). The molecule has 0 N–H and O–H groups in total. The third kappa shape index (κ3) is 3.54. The van der Waals surface area contributed by atoms with Gasteiger partial charge in [0.25, 0.3) is 0 Å². The summed E-state index contributed by atoms with van der Waals surface area (Å²) in [6.45, 7) is 0. The molecule has 0 aliphatic carbocycles. The molecule has 0 fully saturated rings. The quantitative estimate of drug-likeness (QED) is 0.277. The first kappa shape index (κ1) is 13.7. The van der Waals surface area contributed by atoms with E-state index in [-0.39, 0.29) is 21.4 Å². The minimum absolute atomic E-state index is 0.0394. The van der Waals surface area contributed by atoms with Gasteiger partial charge in [0.2, 0.25) is 12.1 Å². The summed E-state index contributed by atoms with van der Waals surface area (Å²) in [6, 6.07) is 2.85. The van der Waals surface area contributed by atoms with Crippen LogP contribution in [0.4, 0.5) is 0 Å². The number of carbonyl (C=O) groups excluding carboxylic acids is 2. The lowest BCUT2D eigenvalue weighted by Crippen LogP contribution is -2.11. The summed E-state index contributed by atoms with van der Waals surface area (Å²) in [5.41, 5.74) is -0.00598. The van der Waals surface area contributed by atoms with Crippen LogP contribution in [-0.2, 0) is 4.79 Å². The molecule has 0 aliphatic rings. The maximum absolute atomic E-state index is 11.9. The number of hydrogen-bond donors (Lipinski definition) is 0. The van der Waals surface area contributed by atoms with Gasteiger partial charge in [-0.3, -0.25) is 9.59 Å². The number of aromatic nitrogens is 1. The van der Waals surface area contributed by atoms with Gasteiger partial charge in [-0.1, -0.05) is 23.2 Å². The van der Waals surface area contributed by atoms with E-state index in [1.807, 2.05) is 0 Å². The van der Waals surface area contributed by atoms with Crippen molar-refractivity contribution in [1.82, 2.24) is 9.88 Å². The second-order valence-corrected chi connectivity index (χ2v) is 4.16. The van der Waals surface area contributed by atoms with Crippen LogP contribution in [0.3, 0.4) is 0 Å². The average molecular weight is 272 g/mol. The number of ketones is 1. The van der Waals surface area contributed by atoms with E-state index in [0.29, 0.717) is 0 Å². The van der Waals surface area contributed by atoms with Gasteiger partial charge in [0.15, 0.2) is 0 Å². The minimum atomic E-state index is -0.539. The summed E-state index contributed by atoms with van der Waals surface area (Å²) in [7, 11) is 3.37. The standard InChI is InChI=1S/C11H9Cl2N2O2/c1-15(2)5-7(6-16)10(17)8-3-4-9(12)14-11(8)13/h3-5H,1-2H3. The highest BCUT2D eigenvalue weighted by Crippen LogP contribution is 2.19. The van der Waals surface area contributed by atoms with Gasteiger partial charge in [0.1, 0.15) is 10.3 Å². The molecule has 0 atom stereocenters. The molecule has 89 valence electrons. The van der Waals surface area contributed by atoms with Gasteiger partial charge >= 0.3 is 0 Å². The normalized spacial score (nSPS) is 11.2. The summed E-state index contributed by atoms with van der Waals surface area (Å²) < 4.78 is 0. The van der Waals surface area contributed by atoms with Crippen molar-refractivity contribution in [2.75, 3.05) is 14.1 Å². The Morgan fingerprint density at radius 2 is 2.06 bits per heavy atom. The smallest absolute Gasteiger partial charge is 0.239 e. The Labute approximate surface area is 109 Å². The van der Waals surface area contributed by atoms with Crippen molar-refractivity contribution in [2.45, 2.75) is 0 Å². The Morgan fingerprint density at radius 1 is 1.41 bits per heavy atom. The predicted molar refractivity (Wildman–Crippen MR) is 66.1 cm³/mol. The first-order valence-corrected chi connectivity index (χ1v) is 5.34. The van der Waals surface area contributed by atoms with Gasteiger partial charge in [0, 0.05) is 20.3 Å². The summed E-state index contributed by atoms with van der Waals surface area (Å²) in [5.74, 6) is -0.539. The fraction of sp³-hybridized carbons (Fsp3) is 0.182. The summed E-state index contributed by atoms with van der Waals surface area (Å²) >= 11 is 11.4. The van der Waals surface area contributed by atoms with Crippen molar-refractivity contribution in [3.63, 3.8) is 0 Å². The summed E-state index contributed by atoms with van der Waals surface area (Å²) in [6.07, 6.45) is 2.94. The lowest BCUT2D eigenvalue weighted by Gasteiger charge is -2.07. The van der Waals surface area contributed by atoms with Gasteiger partial charge in [-0.05, 0) is 12.1 Å². The van der Waals surface area contributed by atoms with Crippen molar-refractivity contribution >= 4 is 35.3 Å². The molecular weight excluding hydrogens is 263 g/mol. The third-order valence-electron chi connectivity index (χ3n) is 1.80. The topological polar surface area (TPSA) is 50.3 Å². The Balaban J connectivity index is 3.15. The third-order valence-corrected chi connectivity index (χ3v) is 2.30. The molecule has 0 aromatic carbocycles. The molecule has 0 aliphatic heterocycles. The molecule has 0 unspecified atom stereocenters. The second kappa shape index (κ2) is 5.80. The summed E-state index contributed by atoms with van der Waals surface area (Å²) in [5, 5.41) is 0.141. The van der Waals surface area contributed by atoms with Crippen LogP contribution < -0.4 is 0 Å². The molecule has 0 saturated heterocycles. The number of carbonyl (C=O) groups is 1. The van der Waals surface area contributed by atoms with Crippen LogP contribution in [0.1, 0.15) is 10.4 Å². The zero-order valence-electron chi connectivity index (χ0n) is 9.20. The van der Waals surface area contributed by atoms with E-state index in [9.17, 15) is 9.59 Å². The van der Waals surface area contributed by atoms with E-state index < -0.39 is 5.78 Å². The molecule has 4 nitrogen and oxygen atoms in total. The van der Waals surface area contributed by atoms with Crippen molar-refractivity contribution in [1.29, 1.82) is 0 Å². The molecule has 1 aromatic heterocycles. The van der Waals surface area contributed by atoms with Crippen LogP contribution in [0.25, 0.3) is 0 Å².